The maximum absolute atomic E-state index is 6.23. The minimum atomic E-state index is 0.0308. The zero-order chi connectivity index (χ0) is 11.8. The summed E-state index contributed by atoms with van der Waals surface area (Å²) in [7, 11) is 0. The van der Waals surface area contributed by atoms with Crippen molar-refractivity contribution in [2.75, 3.05) is 5.32 Å². The Labute approximate surface area is 109 Å². The molecule has 0 fully saturated rings. The summed E-state index contributed by atoms with van der Waals surface area (Å²) >= 11 is 7.87. The zero-order valence-corrected chi connectivity index (χ0v) is 10.8. The fourth-order valence-electron chi connectivity index (χ4n) is 1.88. The molecule has 5 heteroatoms. The van der Waals surface area contributed by atoms with Gasteiger partial charge in [-0.3, -0.25) is 0 Å². The maximum atomic E-state index is 6.23. The van der Waals surface area contributed by atoms with E-state index in [1.165, 1.54) is 5.57 Å². The molecule has 2 unspecified atom stereocenters. The number of rotatable bonds is 2. The van der Waals surface area contributed by atoms with Crippen LogP contribution in [0.5, 0.6) is 0 Å². The number of benzene rings is 1. The molecule has 0 amide bonds. The number of nitrogens with one attached hydrogen (secondary N) is 2. The molecule has 17 heavy (non-hydrogen) atoms. The van der Waals surface area contributed by atoms with E-state index in [1.54, 1.807) is 11.8 Å². The fraction of sp³-hybridized carbons (Fsp3) is 0.250. The molecule has 3 nitrogen and oxygen atoms in total. The number of H-pyrrole nitrogens is 1. The largest absolute Gasteiger partial charge is 0.347 e. The summed E-state index contributed by atoms with van der Waals surface area (Å²) in [6, 6.07) is 8.11. The average Bonchev–Trinajstić information content (AvgIpc) is 2.87. The number of thioether (sulfide) groups is 1. The minimum absolute atomic E-state index is 0.0308. The van der Waals surface area contributed by atoms with Crippen molar-refractivity contribution < 1.29 is 0 Å². The Kier molecular flexibility index (Phi) is 2.76. The number of aromatic amines is 1. The highest BCUT2D eigenvalue weighted by Gasteiger charge is 2.26. The standard InChI is InChI=1S/C12H12ClN3S/c1-7-6-17-11(13)10(7)16-12-14-8-4-2-3-5-9(8)15-12/h2-6,10-11H,1H3,(H2,14,15,16). The normalized spacial score (nSPS) is 24.0. The van der Waals surface area contributed by atoms with E-state index in [4.69, 9.17) is 11.6 Å². The lowest BCUT2D eigenvalue weighted by atomic mass is 10.2. The summed E-state index contributed by atoms with van der Waals surface area (Å²) in [4.78, 5) is 7.73. The number of aromatic nitrogens is 2. The van der Waals surface area contributed by atoms with Crippen molar-refractivity contribution in [2.45, 2.75) is 17.7 Å². The molecule has 0 saturated heterocycles. The van der Waals surface area contributed by atoms with Gasteiger partial charge in [0.25, 0.3) is 0 Å². The summed E-state index contributed by atoms with van der Waals surface area (Å²) in [6.45, 7) is 2.08. The van der Waals surface area contributed by atoms with Crippen LogP contribution < -0.4 is 5.32 Å². The first-order valence-corrected chi connectivity index (χ1v) is 6.79. The molecule has 88 valence electrons. The first-order chi connectivity index (χ1) is 8.24. The van der Waals surface area contributed by atoms with Gasteiger partial charge in [-0.15, -0.1) is 23.4 Å². The van der Waals surface area contributed by atoms with Crippen LogP contribution in [0.1, 0.15) is 6.92 Å². The Morgan fingerprint density at radius 2 is 2.24 bits per heavy atom. The van der Waals surface area contributed by atoms with Crippen molar-refractivity contribution in [2.24, 2.45) is 0 Å². The first-order valence-electron chi connectivity index (χ1n) is 5.41. The fourth-order valence-corrected chi connectivity index (χ4v) is 3.23. The molecular formula is C12H12ClN3S. The van der Waals surface area contributed by atoms with Crippen LogP contribution in [0.3, 0.4) is 0 Å². The molecule has 0 spiro atoms. The predicted molar refractivity (Wildman–Crippen MR) is 74.5 cm³/mol. The Morgan fingerprint density at radius 3 is 2.94 bits per heavy atom. The Morgan fingerprint density at radius 1 is 1.41 bits per heavy atom. The number of anilines is 1. The van der Waals surface area contributed by atoms with Gasteiger partial charge in [0.2, 0.25) is 5.95 Å². The van der Waals surface area contributed by atoms with Gasteiger partial charge in [0.05, 0.1) is 17.1 Å². The number of nitrogens with zero attached hydrogens (tertiary/aromatic N) is 1. The molecule has 0 bridgehead atoms. The summed E-state index contributed by atoms with van der Waals surface area (Å²) in [6.07, 6.45) is 0. The van der Waals surface area contributed by atoms with E-state index >= 15 is 0 Å². The average molecular weight is 266 g/mol. The van der Waals surface area contributed by atoms with Gasteiger partial charge in [0.15, 0.2) is 0 Å². The molecule has 2 aromatic rings. The molecule has 0 aliphatic carbocycles. The molecule has 2 N–H and O–H groups in total. The Hall–Kier alpha value is -1.13. The molecule has 1 aliphatic heterocycles. The van der Waals surface area contributed by atoms with E-state index in [9.17, 15) is 0 Å². The van der Waals surface area contributed by atoms with E-state index in [0.717, 1.165) is 17.0 Å². The molecule has 1 aliphatic rings. The van der Waals surface area contributed by atoms with Crippen LogP contribution in [0, 0.1) is 0 Å². The third-order valence-corrected chi connectivity index (χ3v) is 4.42. The number of para-hydroxylation sites is 2. The molecule has 0 saturated carbocycles. The predicted octanol–water partition coefficient (Wildman–Crippen LogP) is 3.56. The van der Waals surface area contributed by atoms with Crippen LogP contribution in [-0.4, -0.2) is 20.7 Å². The van der Waals surface area contributed by atoms with Gasteiger partial charge >= 0.3 is 0 Å². The smallest absolute Gasteiger partial charge is 0.201 e. The maximum Gasteiger partial charge on any atom is 0.201 e. The van der Waals surface area contributed by atoms with E-state index in [1.807, 2.05) is 24.3 Å². The number of hydrogen-bond donors (Lipinski definition) is 2. The molecular weight excluding hydrogens is 254 g/mol. The molecule has 0 radical (unpaired) electrons. The van der Waals surface area contributed by atoms with Crippen LogP contribution in [-0.2, 0) is 0 Å². The molecule has 3 rings (SSSR count). The molecule has 1 aromatic carbocycles. The van der Waals surface area contributed by atoms with E-state index in [-0.39, 0.29) is 10.8 Å². The zero-order valence-electron chi connectivity index (χ0n) is 9.27. The van der Waals surface area contributed by atoms with Crippen molar-refractivity contribution in [3.05, 3.63) is 35.2 Å². The quantitative estimate of drug-likeness (QED) is 0.816. The van der Waals surface area contributed by atoms with Crippen molar-refractivity contribution in [3.63, 3.8) is 0 Å². The molecule has 2 atom stereocenters. The number of halogens is 1. The monoisotopic (exact) mass is 265 g/mol. The summed E-state index contributed by atoms with van der Waals surface area (Å²) in [5.41, 5.74) is 3.25. The topological polar surface area (TPSA) is 40.7 Å². The van der Waals surface area contributed by atoms with Gasteiger partial charge in [0, 0.05) is 0 Å². The number of imidazole rings is 1. The van der Waals surface area contributed by atoms with Gasteiger partial charge in [-0.05, 0) is 30.0 Å². The highest BCUT2D eigenvalue weighted by atomic mass is 35.5. The minimum Gasteiger partial charge on any atom is -0.347 e. The van der Waals surface area contributed by atoms with Crippen molar-refractivity contribution in [1.29, 1.82) is 0 Å². The lowest BCUT2D eigenvalue weighted by Gasteiger charge is -2.16. The third-order valence-electron chi connectivity index (χ3n) is 2.82. The Balaban J connectivity index is 1.87. The highest BCUT2D eigenvalue weighted by molar-refractivity contribution is 8.04. The van der Waals surface area contributed by atoms with Crippen LogP contribution in [0.2, 0.25) is 0 Å². The first kappa shape index (κ1) is 11.0. The molecule has 2 heterocycles. The lowest BCUT2D eigenvalue weighted by Crippen LogP contribution is -2.26. The van der Waals surface area contributed by atoms with Crippen LogP contribution >= 0.6 is 23.4 Å². The van der Waals surface area contributed by atoms with Gasteiger partial charge in [-0.1, -0.05) is 12.1 Å². The van der Waals surface area contributed by atoms with Gasteiger partial charge in [-0.2, -0.15) is 0 Å². The van der Waals surface area contributed by atoms with Crippen LogP contribution in [0.15, 0.2) is 35.2 Å². The van der Waals surface area contributed by atoms with Crippen LogP contribution in [0.25, 0.3) is 11.0 Å². The lowest BCUT2D eigenvalue weighted by molar-refractivity contribution is 0.900. The van der Waals surface area contributed by atoms with E-state index in [2.05, 4.69) is 27.6 Å². The summed E-state index contributed by atoms with van der Waals surface area (Å²) in [5, 5.41) is 5.44. The van der Waals surface area contributed by atoms with Crippen LogP contribution in [0.4, 0.5) is 5.95 Å². The van der Waals surface area contributed by atoms with Gasteiger partial charge < -0.3 is 10.3 Å². The van der Waals surface area contributed by atoms with E-state index < -0.39 is 0 Å². The molecule has 1 aromatic heterocycles. The van der Waals surface area contributed by atoms with Gasteiger partial charge in [0.1, 0.15) is 4.71 Å². The Bertz CT molecular complexity index is 545. The second kappa shape index (κ2) is 4.27. The second-order valence-corrected chi connectivity index (χ2v) is 5.82. The van der Waals surface area contributed by atoms with Gasteiger partial charge in [-0.25, -0.2) is 4.98 Å². The van der Waals surface area contributed by atoms with E-state index in [0.29, 0.717) is 0 Å². The SMILES string of the molecule is CC1=CSC(Cl)C1Nc1nc2ccccc2[nH]1. The van der Waals surface area contributed by atoms with Crippen molar-refractivity contribution in [1.82, 2.24) is 9.97 Å². The number of alkyl halides is 1. The number of fused-ring (bicyclic) bond motifs is 1. The highest BCUT2D eigenvalue weighted by Crippen LogP contribution is 2.34. The summed E-state index contributed by atoms with van der Waals surface area (Å²) < 4.78 is 0.0308. The van der Waals surface area contributed by atoms with Crippen molar-refractivity contribution in [3.8, 4) is 0 Å². The van der Waals surface area contributed by atoms with Crippen molar-refractivity contribution >= 4 is 40.3 Å². The summed E-state index contributed by atoms with van der Waals surface area (Å²) in [5.74, 6) is 0.775. The third kappa shape index (κ3) is 2.03. The number of hydrogen-bond acceptors (Lipinski definition) is 3. The second-order valence-electron chi connectivity index (χ2n) is 4.07.